The highest BCUT2D eigenvalue weighted by Gasteiger charge is 2.59. The van der Waals surface area contributed by atoms with Crippen molar-refractivity contribution in [2.24, 2.45) is 109 Å². The molecule has 9 saturated heterocycles. The average molecular weight is 1780 g/mol. The maximum atomic E-state index is 11.1. The number of aliphatic hydroxyl groups excluding tert-OH is 15. The van der Waals surface area contributed by atoms with Crippen molar-refractivity contribution in [2.75, 3.05) is 46.0 Å². The highest BCUT2D eigenvalue weighted by atomic mass is 16.8. The van der Waals surface area contributed by atoms with Gasteiger partial charge in [0.25, 0.3) is 0 Å². The quantitative estimate of drug-likeness (QED) is 0.0363. The van der Waals surface area contributed by atoms with E-state index < -0.39 is 314 Å². The Hall–Kier alpha value is -2.04. The van der Waals surface area contributed by atoms with Crippen LogP contribution in [-0.2, 0) is 85.3 Å². The van der Waals surface area contributed by atoms with Gasteiger partial charge in [0.2, 0.25) is 0 Å². The molecule has 0 aromatic rings. The molecule has 714 valence electrons. The van der Waals surface area contributed by atoms with Crippen molar-refractivity contribution >= 4 is 0 Å². The minimum atomic E-state index is -1.53. The molecule has 122 heavy (non-hydrogen) atoms. The molecule has 3 aliphatic carbocycles. The van der Waals surface area contributed by atoms with Crippen molar-refractivity contribution < 1.29 is 162 Å². The molecule has 9 aliphatic heterocycles. The van der Waals surface area contributed by atoms with Crippen LogP contribution in [0, 0.1) is 5.92 Å². The highest BCUT2D eigenvalue weighted by molar-refractivity contribution is 5.06. The zero-order valence-corrected chi connectivity index (χ0v) is 68.4. The lowest BCUT2D eigenvalue weighted by Gasteiger charge is -2.46. The Balaban J connectivity index is 0.000000192. The van der Waals surface area contributed by atoms with Gasteiger partial charge in [0.05, 0.1) is 98.7 Å². The van der Waals surface area contributed by atoms with Gasteiger partial charge in [-0.15, -0.1) is 0 Å². The fourth-order valence-electron chi connectivity index (χ4n) is 17.4. The topological polar surface area (TPSA) is 938 Å². The summed E-state index contributed by atoms with van der Waals surface area (Å²) in [6, 6.07) is -8.77. The molecule has 0 radical (unpaired) electrons. The number of hydrogen-bond acceptors (Lipinski definition) is 51. The Morgan fingerprint density at radius 3 is 0.877 bits per heavy atom. The van der Waals surface area contributed by atoms with E-state index in [0.717, 1.165) is 0 Å². The number of ether oxygens (including phenoxy) is 18. The molecule has 0 aromatic carbocycles. The van der Waals surface area contributed by atoms with Gasteiger partial charge in [-0.05, 0) is 71.6 Å². The maximum Gasteiger partial charge on any atom is 0.187 e. The first kappa shape index (κ1) is 102. The van der Waals surface area contributed by atoms with Crippen LogP contribution in [0.1, 0.15) is 71.6 Å². The van der Waals surface area contributed by atoms with Crippen molar-refractivity contribution in [2.45, 2.75) is 390 Å². The Morgan fingerprint density at radius 2 is 0.566 bits per heavy atom. The minimum absolute atomic E-state index is 0.134. The predicted molar refractivity (Wildman–Crippen MR) is 416 cm³/mol. The van der Waals surface area contributed by atoms with E-state index in [1.165, 1.54) is 0 Å². The van der Waals surface area contributed by atoms with Crippen LogP contribution >= 0.6 is 0 Å². The normalized spacial score (nSPS) is 52.0. The third-order valence-corrected chi connectivity index (χ3v) is 25.0. The SMILES string of the molecule is CC(N)C1CCC(N)C(OC2C(N)CC(N)C(O)C2OC2OC(CO)C(OC3OC(CN)C(O)C(O)C3N)C2O)O1.CC(N)C1CCC(N)C(OC2C(N)CC(N)C(O)C2OC2OC(CO)C(OC3OC(CN)C(O)C(O)C3N)C2O)O1.NCC1CCC(N)C(OC2C(N)CC(N)C(O)C2OC2OC(CO)C(OC3OC(N)C(O)C(O)C3CN)C2O)O1. The number of nitrogens with two attached hydrogens (primary N) is 18. The first-order valence-corrected chi connectivity index (χ1v) is 41.9. The molecule has 3 saturated carbocycles. The molecule has 0 spiro atoms. The standard InChI is InChI=1S/2C24H48N6O11.C23H46N6O11/c2*1-7(26)11-3-2-8(27)22(36-11)39-19-10(29)4-9(28)15(32)21(19)41-24-18(35)20(13(6-31)38-24)40-23-14(30)17(34)16(33)12(5-25)37-23;24-4-7-1-2-9(26)22(35-7)37-17-11(28)3-10(27)14(32)19(17)39-23-16(34)18(12(6-30)36-23)38-21-8(5-25)13(31)15(33)20(29)40-21/h2*7-24,31-35H,2-6,25-30H2,1H3;7-23,30-34H,1-6,24-29H2. The molecular weight excluding hydrogens is 1630 g/mol. The van der Waals surface area contributed by atoms with E-state index in [-0.39, 0.29) is 75.8 Å². The second kappa shape index (κ2) is 45.4. The Kier molecular flexibility index (Phi) is 38.0. The van der Waals surface area contributed by atoms with Gasteiger partial charge in [0.15, 0.2) is 56.6 Å². The third kappa shape index (κ3) is 23.3. The van der Waals surface area contributed by atoms with Crippen LogP contribution in [0.2, 0.25) is 0 Å². The lowest BCUT2D eigenvalue weighted by atomic mass is 9.84. The van der Waals surface area contributed by atoms with Gasteiger partial charge in [-0.3, -0.25) is 0 Å². The summed E-state index contributed by atoms with van der Waals surface area (Å²) in [6.45, 7) is 1.74. The summed E-state index contributed by atoms with van der Waals surface area (Å²) in [6.07, 6.45) is -40.7. The zero-order chi connectivity index (χ0) is 89.6. The van der Waals surface area contributed by atoms with Crippen molar-refractivity contribution in [1.29, 1.82) is 0 Å². The molecule has 9 heterocycles. The summed E-state index contributed by atoms with van der Waals surface area (Å²) in [5.41, 5.74) is 109. The van der Waals surface area contributed by atoms with Gasteiger partial charge in [-0.1, -0.05) is 0 Å². The van der Waals surface area contributed by atoms with E-state index in [9.17, 15) is 76.6 Å². The Labute approximate surface area is 704 Å². The van der Waals surface area contributed by atoms with E-state index in [0.29, 0.717) is 38.5 Å². The van der Waals surface area contributed by atoms with Crippen LogP contribution in [0.25, 0.3) is 0 Å². The number of aliphatic hydroxyl groups is 15. The van der Waals surface area contributed by atoms with Gasteiger partial charge < -0.3 is 265 Å². The van der Waals surface area contributed by atoms with E-state index in [1.54, 1.807) is 0 Å². The fourth-order valence-corrected chi connectivity index (χ4v) is 17.4. The third-order valence-electron chi connectivity index (χ3n) is 25.0. The Bertz CT molecular complexity index is 2960. The predicted octanol–water partition coefficient (Wildman–Crippen LogP) is -19.5. The van der Waals surface area contributed by atoms with Crippen LogP contribution in [0.4, 0.5) is 0 Å². The number of rotatable bonds is 27. The Morgan fingerprint density at radius 1 is 0.262 bits per heavy atom. The molecule has 0 amide bonds. The molecular formula is C71H142N18O33. The van der Waals surface area contributed by atoms with E-state index >= 15 is 0 Å². The van der Waals surface area contributed by atoms with Crippen molar-refractivity contribution in [3.63, 3.8) is 0 Å². The van der Waals surface area contributed by atoms with E-state index in [4.69, 9.17) is 188 Å². The van der Waals surface area contributed by atoms with Crippen LogP contribution in [0.5, 0.6) is 0 Å². The zero-order valence-electron chi connectivity index (χ0n) is 68.4. The lowest BCUT2D eigenvalue weighted by molar-refractivity contribution is -0.299. The van der Waals surface area contributed by atoms with Gasteiger partial charge in [0.1, 0.15) is 141 Å². The molecule has 53 atom stereocenters. The summed E-state index contributed by atoms with van der Waals surface area (Å²) < 4.78 is 106. The van der Waals surface area contributed by atoms with E-state index in [2.05, 4.69) is 0 Å². The molecule has 51 N–H and O–H groups in total. The van der Waals surface area contributed by atoms with Gasteiger partial charge >= 0.3 is 0 Å². The van der Waals surface area contributed by atoms with Crippen LogP contribution in [-0.4, -0.2) is 441 Å². The first-order valence-electron chi connectivity index (χ1n) is 41.9. The van der Waals surface area contributed by atoms with Crippen molar-refractivity contribution in [3.05, 3.63) is 0 Å². The summed E-state index contributed by atoms with van der Waals surface area (Å²) in [4.78, 5) is 0. The summed E-state index contributed by atoms with van der Waals surface area (Å²) in [5.74, 6) is -0.896. The molecule has 51 heteroatoms. The van der Waals surface area contributed by atoms with Crippen LogP contribution in [0.15, 0.2) is 0 Å². The molecule has 12 aliphatic rings. The van der Waals surface area contributed by atoms with Crippen LogP contribution in [0.3, 0.4) is 0 Å². The molecule has 51 nitrogen and oxygen atoms in total. The van der Waals surface area contributed by atoms with Crippen molar-refractivity contribution in [1.82, 2.24) is 0 Å². The smallest absolute Gasteiger partial charge is 0.187 e. The average Bonchev–Trinajstić information content (AvgIpc) is 1.45. The van der Waals surface area contributed by atoms with Crippen molar-refractivity contribution in [3.8, 4) is 0 Å². The first-order chi connectivity index (χ1) is 57.7. The lowest BCUT2D eigenvalue weighted by Crippen LogP contribution is -2.65. The molecule has 12 rings (SSSR count). The molecule has 0 aromatic heterocycles. The molecule has 12 fully saturated rings. The maximum absolute atomic E-state index is 11.1. The van der Waals surface area contributed by atoms with Crippen LogP contribution < -0.4 is 103 Å². The molecule has 0 bridgehead atoms. The van der Waals surface area contributed by atoms with Gasteiger partial charge in [0, 0.05) is 74.5 Å². The summed E-state index contributed by atoms with van der Waals surface area (Å²) >= 11 is 0. The second-order valence-electron chi connectivity index (χ2n) is 34.1. The van der Waals surface area contributed by atoms with Gasteiger partial charge in [-0.25, -0.2) is 0 Å². The summed E-state index contributed by atoms with van der Waals surface area (Å²) in [7, 11) is 0. The minimum Gasteiger partial charge on any atom is -0.394 e. The summed E-state index contributed by atoms with van der Waals surface area (Å²) in [5, 5.41) is 158. The van der Waals surface area contributed by atoms with E-state index in [1.807, 2.05) is 13.8 Å². The molecule has 53 unspecified atom stereocenters. The highest BCUT2D eigenvalue weighted by Crippen LogP contribution is 2.40. The van der Waals surface area contributed by atoms with Gasteiger partial charge in [-0.2, -0.15) is 0 Å². The number of hydrogen-bond donors (Lipinski definition) is 33. The largest absolute Gasteiger partial charge is 0.394 e. The fraction of sp³-hybridized carbons (Fsp3) is 1.00. The monoisotopic (exact) mass is 1770 g/mol. The second-order valence-corrected chi connectivity index (χ2v) is 34.1.